The van der Waals surface area contributed by atoms with Crippen molar-refractivity contribution in [1.82, 2.24) is 15.3 Å². The van der Waals surface area contributed by atoms with Crippen molar-refractivity contribution >= 4 is 50.8 Å². The fourth-order valence-corrected chi connectivity index (χ4v) is 5.38. The van der Waals surface area contributed by atoms with Crippen LogP contribution in [0.15, 0.2) is 35.6 Å². The predicted octanol–water partition coefficient (Wildman–Crippen LogP) is 4.24. The minimum absolute atomic E-state index is 0.0245. The number of nitrogens with one attached hydrogen (secondary N) is 1. The van der Waals surface area contributed by atoms with Crippen molar-refractivity contribution in [2.75, 3.05) is 5.75 Å². The molecule has 1 N–H and O–H groups in total. The van der Waals surface area contributed by atoms with Crippen LogP contribution >= 0.6 is 34.7 Å². The van der Waals surface area contributed by atoms with E-state index in [0.717, 1.165) is 33.6 Å². The van der Waals surface area contributed by atoms with Gasteiger partial charge in [-0.1, -0.05) is 41.6 Å². The lowest BCUT2D eigenvalue weighted by Gasteiger charge is -2.07. The molecule has 0 radical (unpaired) electrons. The zero-order chi connectivity index (χ0) is 17.2. The van der Waals surface area contributed by atoms with E-state index in [-0.39, 0.29) is 5.91 Å². The smallest absolute Gasteiger partial charge is 0.230 e. The molecule has 25 heavy (non-hydrogen) atoms. The molecule has 4 nitrogen and oxygen atoms in total. The van der Waals surface area contributed by atoms with Crippen LogP contribution in [0.5, 0.6) is 0 Å². The third kappa shape index (κ3) is 3.52. The Morgan fingerprint density at radius 3 is 3.04 bits per heavy atom. The Bertz CT molecular complexity index is 941. The molecule has 0 saturated heterocycles. The van der Waals surface area contributed by atoms with Gasteiger partial charge < -0.3 is 5.32 Å². The van der Waals surface area contributed by atoms with Gasteiger partial charge >= 0.3 is 0 Å². The molecule has 0 aliphatic heterocycles. The van der Waals surface area contributed by atoms with Crippen molar-refractivity contribution in [1.29, 1.82) is 0 Å². The summed E-state index contributed by atoms with van der Waals surface area (Å²) in [6.45, 7) is 0.437. The van der Waals surface area contributed by atoms with Crippen LogP contribution in [-0.4, -0.2) is 21.6 Å². The quantitative estimate of drug-likeness (QED) is 0.523. The Labute approximate surface area is 159 Å². The lowest BCUT2D eigenvalue weighted by molar-refractivity contribution is -0.118. The third-order valence-corrected chi connectivity index (χ3v) is 6.80. The van der Waals surface area contributed by atoms with Crippen molar-refractivity contribution in [2.45, 2.75) is 30.8 Å². The first-order chi connectivity index (χ1) is 12.2. The van der Waals surface area contributed by atoms with Crippen molar-refractivity contribution in [2.24, 2.45) is 0 Å². The van der Waals surface area contributed by atoms with E-state index >= 15 is 0 Å². The molecule has 0 spiro atoms. The minimum atomic E-state index is -0.0245. The number of hydrogen-bond acceptors (Lipinski definition) is 5. The number of fused-ring (bicyclic) bond motifs is 3. The number of halogens is 1. The van der Waals surface area contributed by atoms with Gasteiger partial charge in [-0.05, 0) is 36.5 Å². The van der Waals surface area contributed by atoms with Crippen LogP contribution in [0, 0.1) is 0 Å². The van der Waals surface area contributed by atoms with Gasteiger partial charge in [-0.15, -0.1) is 11.3 Å². The van der Waals surface area contributed by atoms with Gasteiger partial charge in [-0.3, -0.25) is 4.79 Å². The maximum Gasteiger partial charge on any atom is 0.230 e. The van der Waals surface area contributed by atoms with Gasteiger partial charge in [0.2, 0.25) is 5.91 Å². The number of amides is 1. The van der Waals surface area contributed by atoms with Gasteiger partial charge in [0.1, 0.15) is 16.2 Å². The summed E-state index contributed by atoms with van der Waals surface area (Å²) in [7, 11) is 0. The maximum absolute atomic E-state index is 12.2. The number of hydrogen-bond donors (Lipinski definition) is 1. The molecular weight excluding hydrogens is 374 g/mol. The molecule has 0 saturated carbocycles. The Kier molecular flexibility index (Phi) is 4.92. The molecule has 0 fully saturated rings. The molecule has 0 atom stereocenters. The molecule has 4 rings (SSSR count). The fourth-order valence-electron chi connectivity index (χ4n) is 3.03. The molecule has 7 heteroatoms. The maximum atomic E-state index is 12.2. The second kappa shape index (κ2) is 7.32. The Morgan fingerprint density at radius 1 is 1.28 bits per heavy atom. The highest BCUT2D eigenvalue weighted by Gasteiger charge is 2.21. The third-order valence-electron chi connectivity index (χ3n) is 4.24. The number of thioether (sulfide) groups is 1. The molecular formula is C18H16ClN3OS2. The summed E-state index contributed by atoms with van der Waals surface area (Å²) in [5.74, 6) is 0.310. The van der Waals surface area contributed by atoms with Gasteiger partial charge in [0.15, 0.2) is 0 Å². The normalized spacial score (nSPS) is 13.2. The van der Waals surface area contributed by atoms with Crippen LogP contribution < -0.4 is 5.32 Å². The van der Waals surface area contributed by atoms with Crippen molar-refractivity contribution in [3.8, 4) is 0 Å². The SMILES string of the molecule is O=C(CSc1ncnc2sc3c(c12)CCC3)NCc1ccccc1Cl. The van der Waals surface area contributed by atoms with E-state index in [2.05, 4.69) is 15.3 Å². The number of carbonyl (C=O) groups excluding carboxylic acids is 1. The molecule has 0 unspecified atom stereocenters. The summed E-state index contributed by atoms with van der Waals surface area (Å²) >= 11 is 9.36. The number of thiophene rings is 1. The molecule has 1 aromatic carbocycles. The largest absolute Gasteiger partial charge is 0.351 e. The molecule has 128 valence electrons. The molecule has 1 amide bonds. The average molecular weight is 390 g/mol. The second-order valence-electron chi connectivity index (χ2n) is 5.87. The standard InChI is InChI=1S/C18H16ClN3OS2/c19-13-6-2-1-4-11(13)8-20-15(23)9-24-17-16-12-5-3-7-14(12)25-18(16)22-10-21-17/h1-2,4,6,10H,3,5,7-9H2,(H,20,23). The summed E-state index contributed by atoms with van der Waals surface area (Å²) < 4.78 is 0. The van der Waals surface area contributed by atoms with Gasteiger partial charge in [0.25, 0.3) is 0 Å². The van der Waals surface area contributed by atoms with E-state index in [4.69, 9.17) is 11.6 Å². The topological polar surface area (TPSA) is 54.9 Å². The van der Waals surface area contributed by atoms with E-state index in [1.807, 2.05) is 24.3 Å². The van der Waals surface area contributed by atoms with E-state index in [1.54, 1.807) is 17.7 Å². The Hall–Kier alpha value is -1.63. The second-order valence-corrected chi connectivity index (χ2v) is 8.33. The van der Waals surface area contributed by atoms with E-state index in [1.165, 1.54) is 28.6 Å². The lowest BCUT2D eigenvalue weighted by Crippen LogP contribution is -2.24. The zero-order valence-electron chi connectivity index (χ0n) is 13.4. The van der Waals surface area contributed by atoms with Gasteiger partial charge in [0.05, 0.1) is 5.75 Å². The summed E-state index contributed by atoms with van der Waals surface area (Å²) in [5.41, 5.74) is 2.31. The van der Waals surface area contributed by atoms with Crippen LogP contribution in [0.25, 0.3) is 10.2 Å². The van der Waals surface area contributed by atoms with Crippen molar-refractivity contribution in [3.63, 3.8) is 0 Å². The number of aromatic nitrogens is 2. The first kappa shape index (κ1) is 16.8. The summed E-state index contributed by atoms with van der Waals surface area (Å²) in [4.78, 5) is 23.5. The first-order valence-electron chi connectivity index (χ1n) is 8.10. The van der Waals surface area contributed by atoms with Crippen molar-refractivity contribution in [3.05, 3.63) is 51.6 Å². The molecule has 0 bridgehead atoms. The van der Waals surface area contributed by atoms with Crippen LogP contribution in [0.1, 0.15) is 22.4 Å². The number of rotatable bonds is 5. The van der Waals surface area contributed by atoms with Crippen LogP contribution in [0.4, 0.5) is 0 Å². The fraction of sp³-hybridized carbons (Fsp3) is 0.278. The molecule has 3 aromatic rings. The molecule has 2 aromatic heterocycles. The Balaban J connectivity index is 1.42. The number of aryl methyl sites for hydroxylation is 2. The van der Waals surface area contributed by atoms with E-state index in [9.17, 15) is 4.79 Å². The highest BCUT2D eigenvalue weighted by atomic mass is 35.5. The van der Waals surface area contributed by atoms with E-state index in [0.29, 0.717) is 17.3 Å². The lowest BCUT2D eigenvalue weighted by atomic mass is 10.2. The molecule has 1 aliphatic carbocycles. The number of carbonyl (C=O) groups is 1. The van der Waals surface area contributed by atoms with E-state index < -0.39 is 0 Å². The zero-order valence-corrected chi connectivity index (χ0v) is 15.8. The molecule has 2 heterocycles. The van der Waals surface area contributed by atoms with Crippen LogP contribution in [-0.2, 0) is 24.2 Å². The monoisotopic (exact) mass is 389 g/mol. The van der Waals surface area contributed by atoms with Gasteiger partial charge in [-0.2, -0.15) is 0 Å². The number of nitrogens with zero attached hydrogens (tertiary/aromatic N) is 2. The van der Waals surface area contributed by atoms with Gasteiger partial charge in [0, 0.05) is 21.8 Å². The van der Waals surface area contributed by atoms with Crippen LogP contribution in [0.3, 0.4) is 0 Å². The highest BCUT2D eigenvalue weighted by molar-refractivity contribution is 8.00. The summed E-state index contributed by atoms with van der Waals surface area (Å²) in [6.07, 6.45) is 5.03. The number of benzene rings is 1. The highest BCUT2D eigenvalue weighted by Crippen LogP contribution is 2.39. The molecule has 1 aliphatic rings. The first-order valence-corrected chi connectivity index (χ1v) is 10.3. The van der Waals surface area contributed by atoms with Gasteiger partial charge in [-0.25, -0.2) is 9.97 Å². The summed E-state index contributed by atoms with van der Waals surface area (Å²) in [5, 5.41) is 5.66. The minimum Gasteiger partial charge on any atom is -0.351 e. The van der Waals surface area contributed by atoms with Crippen LogP contribution in [0.2, 0.25) is 5.02 Å². The summed E-state index contributed by atoms with van der Waals surface area (Å²) in [6, 6.07) is 7.53. The average Bonchev–Trinajstić information content (AvgIpc) is 3.20. The Morgan fingerprint density at radius 2 is 2.16 bits per heavy atom. The predicted molar refractivity (Wildman–Crippen MR) is 103 cm³/mol. The van der Waals surface area contributed by atoms with Crippen molar-refractivity contribution < 1.29 is 4.79 Å².